The number of halogens is 3. The number of benzene rings is 1. The zero-order valence-electron chi connectivity index (χ0n) is 6.55. The molecule has 2 N–H and O–H groups in total. The van der Waals surface area contributed by atoms with Gasteiger partial charge in [-0.15, -0.1) is 12.4 Å². The zero-order chi connectivity index (χ0) is 8.43. The third-order valence-corrected chi connectivity index (χ3v) is 2.11. The summed E-state index contributed by atoms with van der Waals surface area (Å²) in [5, 5.41) is 1.26. The molecule has 0 heterocycles. The molecule has 0 saturated carbocycles. The Morgan fingerprint density at radius 1 is 1.25 bits per heavy atom. The maximum Gasteiger partial charge on any atom is 0.0468 e. The summed E-state index contributed by atoms with van der Waals surface area (Å²) in [5.74, 6) is 0. The summed E-state index contributed by atoms with van der Waals surface area (Å²) in [6.45, 7) is 1.85. The second-order valence-electron chi connectivity index (χ2n) is 2.42. The van der Waals surface area contributed by atoms with Gasteiger partial charge in [-0.2, -0.15) is 0 Å². The summed E-state index contributed by atoms with van der Waals surface area (Å²) in [5.41, 5.74) is 6.46. The highest BCUT2D eigenvalue weighted by Gasteiger charge is 2.08. The third-order valence-electron chi connectivity index (χ3n) is 1.46. The predicted molar refractivity (Wildman–Crippen MR) is 56.3 cm³/mol. The molecule has 0 aliphatic heterocycles. The van der Waals surface area contributed by atoms with Crippen LogP contribution in [0.3, 0.4) is 0 Å². The summed E-state index contributed by atoms with van der Waals surface area (Å²) < 4.78 is 0. The highest BCUT2D eigenvalue weighted by atomic mass is 35.5. The van der Waals surface area contributed by atoms with Crippen LogP contribution in [0.4, 0.5) is 0 Å². The minimum absolute atomic E-state index is 0. The third kappa shape index (κ3) is 2.53. The molecule has 0 aliphatic carbocycles. The maximum atomic E-state index is 5.86. The predicted octanol–water partition coefficient (Wildman–Crippen LogP) is 3.43. The van der Waals surface area contributed by atoms with E-state index in [2.05, 4.69) is 0 Å². The fourth-order valence-corrected chi connectivity index (χ4v) is 1.69. The van der Waals surface area contributed by atoms with Gasteiger partial charge in [0.1, 0.15) is 0 Å². The van der Waals surface area contributed by atoms with Crippen molar-refractivity contribution in [2.75, 3.05) is 0 Å². The first kappa shape index (κ1) is 12.0. The zero-order valence-corrected chi connectivity index (χ0v) is 8.88. The molecule has 1 atom stereocenters. The summed E-state index contributed by atoms with van der Waals surface area (Å²) >= 11 is 11.7. The molecular weight excluding hydrogens is 216 g/mol. The van der Waals surface area contributed by atoms with Crippen LogP contribution in [0.1, 0.15) is 18.5 Å². The van der Waals surface area contributed by atoms with Gasteiger partial charge in [0.15, 0.2) is 0 Å². The van der Waals surface area contributed by atoms with Gasteiger partial charge in [0, 0.05) is 21.7 Å². The monoisotopic (exact) mass is 225 g/mol. The molecule has 0 aliphatic rings. The Labute approximate surface area is 88.3 Å². The Balaban J connectivity index is 0.00000121. The first-order valence-electron chi connectivity index (χ1n) is 3.32. The number of nitrogens with two attached hydrogens (primary N) is 1. The van der Waals surface area contributed by atoms with Crippen LogP contribution in [-0.2, 0) is 0 Å². The first-order valence-corrected chi connectivity index (χ1v) is 4.08. The number of rotatable bonds is 1. The van der Waals surface area contributed by atoms with Crippen molar-refractivity contribution in [2.45, 2.75) is 13.0 Å². The van der Waals surface area contributed by atoms with Crippen molar-refractivity contribution in [3.63, 3.8) is 0 Å². The fraction of sp³-hybridized carbons (Fsp3) is 0.250. The van der Waals surface area contributed by atoms with Crippen LogP contribution in [0.5, 0.6) is 0 Å². The largest absolute Gasteiger partial charge is 0.324 e. The molecule has 4 heteroatoms. The van der Waals surface area contributed by atoms with Crippen LogP contribution in [-0.4, -0.2) is 0 Å². The molecule has 1 aromatic rings. The molecule has 0 fully saturated rings. The average Bonchev–Trinajstić information content (AvgIpc) is 1.85. The van der Waals surface area contributed by atoms with Crippen LogP contribution < -0.4 is 5.73 Å². The Hall–Kier alpha value is 0.0500. The SMILES string of the molecule is CC(N)c1c(Cl)cccc1Cl.Cl. The minimum Gasteiger partial charge on any atom is -0.324 e. The lowest BCUT2D eigenvalue weighted by molar-refractivity contribution is 0.819. The van der Waals surface area contributed by atoms with E-state index in [1.165, 1.54) is 0 Å². The summed E-state index contributed by atoms with van der Waals surface area (Å²) in [6, 6.07) is 5.26. The molecule has 1 rings (SSSR count). The van der Waals surface area contributed by atoms with Gasteiger partial charge in [-0.25, -0.2) is 0 Å². The Morgan fingerprint density at radius 3 is 1.92 bits per heavy atom. The van der Waals surface area contributed by atoms with E-state index in [0.29, 0.717) is 10.0 Å². The first-order chi connectivity index (χ1) is 5.13. The van der Waals surface area contributed by atoms with Crippen molar-refractivity contribution >= 4 is 35.6 Å². The van der Waals surface area contributed by atoms with Crippen molar-refractivity contribution in [2.24, 2.45) is 5.73 Å². The van der Waals surface area contributed by atoms with Crippen LogP contribution in [0.25, 0.3) is 0 Å². The summed E-state index contributed by atoms with van der Waals surface area (Å²) in [4.78, 5) is 0. The normalized spacial score (nSPS) is 12.0. The van der Waals surface area contributed by atoms with Crippen LogP contribution >= 0.6 is 35.6 Å². The molecule has 0 amide bonds. The van der Waals surface area contributed by atoms with Gasteiger partial charge in [0.2, 0.25) is 0 Å². The lowest BCUT2D eigenvalue weighted by Gasteiger charge is -2.09. The van der Waals surface area contributed by atoms with Crippen LogP contribution in [0.2, 0.25) is 10.0 Å². The highest BCUT2D eigenvalue weighted by molar-refractivity contribution is 6.36. The highest BCUT2D eigenvalue weighted by Crippen LogP contribution is 2.28. The molecule has 0 radical (unpaired) electrons. The van der Waals surface area contributed by atoms with E-state index in [0.717, 1.165) is 5.56 Å². The van der Waals surface area contributed by atoms with Crippen LogP contribution in [0.15, 0.2) is 18.2 Å². The molecule has 12 heavy (non-hydrogen) atoms. The van der Waals surface area contributed by atoms with E-state index < -0.39 is 0 Å². The average molecular weight is 227 g/mol. The Morgan fingerprint density at radius 2 is 1.67 bits per heavy atom. The summed E-state index contributed by atoms with van der Waals surface area (Å²) in [7, 11) is 0. The van der Waals surface area contributed by atoms with Gasteiger partial charge < -0.3 is 5.73 Å². The molecule has 68 valence electrons. The van der Waals surface area contributed by atoms with Crippen molar-refractivity contribution in [3.8, 4) is 0 Å². The van der Waals surface area contributed by atoms with Crippen LogP contribution in [0, 0.1) is 0 Å². The van der Waals surface area contributed by atoms with Crippen molar-refractivity contribution in [1.29, 1.82) is 0 Å². The smallest absolute Gasteiger partial charge is 0.0468 e. The molecule has 0 saturated heterocycles. The molecule has 0 aromatic heterocycles. The maximum absolute atomic E-state index is 5.86. The Kier molecular flexibility index (Phi) is 4.95. The lowest BCUT2D eigenvalue weighted by atomic mass is 10.1. The standard InChI is InChI=1S/C8H9Cl2N.ClH/c1-5(11)8-6(9)3-2-4-7(8)10;/h2-5H,11H2,1H3;1H. The van der Waals surface area contributed by atoms with Crippen molar-refractivity contribution in [3.05, 3.63) is 33.8 Å². The van der Waals surface area contributed by atoms with E-state index in [1.54, 1.807) is 18.2 Å². The van der Waals surface area contributed by atoms with Crippen molar-refractivity contribution in [1.82, 2.24) is 0 Å². The quantitative estimate of drug-likeness (QED) is 0.780. The molecular formula is C8H10Cl3N. The molecule has 1 unspecified atom stereocenters. The van der Waals surface area contributed by atoms with Gasteiger partial charge in [-0.05, 0) is 19.1 Å². The number of hydrogen-bond acceptors (Lipinski definition) is 1. The van der Waals surface area contributed by atoms with Crippen molar-refractivity contribution < 1.29 is 0 Å². The second-order valence-corrected chi connectivity index (χ2v) is 3.24. The van der Waals surface area contributed by atoms with E-state index in [9.17, 15) is 0 Å². The number of hydrogen-bond donors (Lipinski definition) is 1. The molecule has 1 aromatic carbocycles. The van der Waals surface area contributed by atoms with Gasteiger partial charge in [0.25, 0.3) is 0 Å². The topological polar surface area (TPSA) is 26.0 Å². The van der Waals surface area contributed by atoms with Gasteiger partial charge in [-0.3, -0.25) is 0 Å². The van der Waals surface area contributed by atoms with E-state index in [4.69, 9.17) is 28.9 Å². The van der Waals surface area contributed by atoms with Gasteiger partial charge in [0.05, 0.1) is 0 Å². The fourth-order valence-electron chi connectivity index (χ4n) is 0.946. The molecule has 0 bridgehead atoms. The molecule has 1 nitrogen and oxygen atoms in total. The summed E-state index contributed by atoms with van der Waals surface area (Å²) in [6.07, 6.45) is 0. The Bertz CT molecular complexity index is 240. The van der Waals surface area contributed by atoms with Gasteiger partial charge in [-0.1, -0.05) is 29.3 Å². The molecule has 0 spiro atoms. The van der Waals surface area contributed by atoms with E-state index >= 15 is 0 Å². The van der Waals surface area contributed by atoms with E-state index in [1.807, 2.05) is 6.92 Å². The minimum atomic E-state index is -0.115. The lowest BCUT2D eigenvalue weighted by Crippen LogP contribution is -2.06. The second kappa shape index (κ2) is 4.93. The van der Waals surface area contributed by atoms with E-state index in [-0.39, 0.29) is 18.4 Å². The van der Waals surface area contributed by atoms with Gasteiger partial charge >= 0.3 is 0 Å².